The SMILES string of the molecule is CCNC(=O)c1ccccc1NC(=O)c1cnn(C)c1C. The molecule has 0 saturated heterocycles. The van der Waals surface area contributed by atoms with Crippen LogP contribution < -0.4 is 10.6 Å². The molecule has 2 amide bonds. The summed E-state index contributed by atoms with van der Waals surface area (Å²) in [7, 11) is 1.77. The second-order valence-electron chi connectivity index (χ2n) is 4.63. The Bertz CT molecular complexity index is 676. The minimum atomic E-state index is -0.280. The molecule has 21 heavy (non-hydrogen) atoms. The number of hydrogen-bond acceptors (Lipinski definition) is 3. The Labute approximate surface area is 123 Å². The highest BCUT2D eigenvalue weighted by Crippen LogP contribution is 2.17. The molecule has 0 atom stereocenters. The second-order valence-corrected chi connectivity index (χ2v) is 4.63. The molecule has 1 heterocycles. The molecule has 1 aromatic carbocycles. The first-order chi connectivity index (χ1) is 10.0. The standard InChI is InChI=1S/C15H18N4O2/c1-4-16-14(20)11-7-5-6-8-13(11)18-15(21)12-9-17-19(3)10(12)2/h5-9H,4H2,1-3H3,(H,16,20)(H,18,21). The van der Waals surface area contributed by atoms with E-state index in [0.29, 0.717) is 23.4 Å². The second kappa shape index (κ2) is 6.21. The third kappa shape index (κ3) is 3.10. The fraction of sp³-hybridized carbons (Fsp3) is 0.267. The quantitative estimate of drug-likeness (QED) is 0.898. The summed E-state index contributed by atoms with van der Waals surface area (Å²) in [6, 6.07) is 6.91. The van der Waals surface area contributed by atoms with Gasteiger partial charge in [0.05, 0.1) is 23.0 Å². The van der Waals surface area contributed by atoms with Crippen LogP contribution in [0.3, 0.4) is 0 Å². The number of benzene rings is 1. The van der Waals surface area contributed by atoms with Gasteiger partial charge >= 0.3 is 0 Å². The molecule has 0 aliphatic rings. The number of nitrogens with zero attached hydrogens (tertiary/aromatic N) is 2. The summed E-state index contributed by atoms with van der Waals surface area (Å²) < 4.78 is 1.63. The lowest BCUT2D eigenvalue weighted by Crippen LogP contribution is -2.24. The lowest BCUT2D eigenvalue weighted by molar-refractivity contribution is 0.0956. The normalized spacial score (nSPS) is 10.2. The maximum absolute atomic E-state index is 12.3. The fourth-order valence-corrected chi connectivity index (χ4v) is 1.96. The van der Waals surface area contributed by atoms with Crippen LogP contribution in [0.25, 0.3) is 0 Å². The third-order valence-electron chi connectivity index (χ3n) is 3.24. The van der Waals surface area contributed by atoms with E-state index in [2.05, 4.69) is 15.7 Å². The third-order valence-corrected chi connectivity index (χ3v) is 3.24. The van der Waals surface area contributed by atoms with Gasteiger partial charge in [0.1, 0.15) is 0 Å². The Morgan fingerprint density at radius 1 is 1.19 bits per heavy atom. The number of aromatic nitrogens is 2. The number of carbonyl (C=O) groups excluding carboxylic acids is 2. The van der Waals surface area contributed by atoms with Crippen molar-refractivity contribution in [2.75, 3.05) is 11.9 Å². The van der Waals surface area contributed by atoms with Gasteiger partial charge in [-0.3, -0.25) is 14.3 Å². The number of aryl methyl sites for hydroxylation is 1. The van der Waals surface area contributed by atoms with E-state index in [-0.39, 0.29) is 11.8 Å². The van der Waals surface area contributed by atoms with E-state index in [1.807, 2.05) is 13.8 Å². The van der Waals surface area contributed by atoms with Crippen LogP contribution in [-0.2, 0) is 7.05 Å². The minimum Gasteiger partial charge on any atom is -0.352 e. The van der Waals surface area contributed by atoms with Crippen LogP contribution in [0.2, 0.25) is 0 Å². The van der Waals surface area contributed by atoms with Gasteiger partial charge in [0.2, 0.25) is 0 Å². The van der Waals surface area contributed by atoms with Crippen LogP contribution >= 0.6 is 0 Å². The molecule has 2 N–H and O–H groups in total. The highest BCUT2D eigenvalue weighted by atomic mass is 16.2. The van der Waals surface area contributed by atoms with Gasteiger partial charge in [-0.25, -0.2) is 0 Å². The van der Waals surface area contributed by atoms with Gasteiger partial charge in [0.15, 0.2) is 0 Å². The Balaban J connectivity index is 2.26. The van der Waals surface area contributed by atoms with E-state index < -0.39 is 0 Å². The zero-order chi connectivity index (χ0) is 15.4. The molecular formula is C15H18N4O2. The van der Waals surface area contributed by atoms with Gasteiger partial charge in [0.25, 0.3) is 11.8 Å². The summed E-state index contributed by atoms with van der Waals surface area (Å²) in [5.41, 5.74) is 2.18. The van der Waals surface area contributed by atoms with Crippen molar-refractivity contribution < 1.29 is 9.59 Å². The molecule has 0 fully saturated rings. The van der Waals surface area contributed by atoms with Crippen LogP contribution in [0.5, 0.6) is 0 Å². The van der Waals surface area contributed by atoms with Crippen molar-refractivity contribution in [2.45, 2.75) is 13.8 Å². The number of anilines is 1. The Morgan fingerprint density at radius 3 is 2.52 bits per heavy atom. The average Bonchev–Trinajstić information content (AvgIpc) is 2.80. The van der Waals surface area contributed by atoms with E-state index in [1.165, 1.54) is 6.20 Å². The number of amides is 2. The van der Waals surface area contributed by atoms with E-state index in [0.717, 1.165) is 5.69 Å². The molecule has 0 bridgehead atoms. The van der Waals surface area contributed by atoms with Gasteiger partial charge in [-0.2, -0.15) is 5.10 Å². The first-order valence-electron chi connectivity index (χ1n) is 6.71. The summed E-state index contributed by atoms with van der Waals surface area (Å²) in [6.07, 6.45) is 1.51. The van der Waals surface area contributed by atoms with Crippen molar-refractivity contribution in [1.82, 2.24) is 15.1 Å². The fourth-order valence-electron chi connectivity index (χ4n) is 1.96. The summed E-state index contributed by atoms with van der Waals surface area (Å²) in [5.74, 6) is -0.492. The van der Waals surface area contributed by atoms with Crippen molar-refractivity contribution in [3.05, 3.63) is 47.3 Å². The zero-order valence-corrected chi connectivity index (χ0v) is 12.3. The largest absolute Gasteiger partial charge is 0.352 e. The number of rotatable bonds is 4. The minimum absolute atomic E-state index is 0.212. The predicted octanol–water partition coefficient (Wildman–Crippen LogP) is 1.73. The lowest BCUT2D eigenvalue weighted by atomic mass is 10.1. The molecule has 0 radical (unpaired) electrons. The highest BCUT2D eigenvalue weighted by molar-refractivity contribution is 6.09. The highest BCUT2D eigenvalue weighted by Gasteiger charge is 2.16. The van der Waals surface area contributed by atoms with Crippen molar-refractivity contribution in [1.29, 1.82) is 0 Å². The molecule has 6 nitrogen and oxygen atoms in total. The molecule has 0 saturated carbocycles. The molecule has 110 valence electrons. The van der Waals surface area contributed by atoms with E-state index in [4.69, 9.17) is 0 Å². The molecule has 0 aliphatic carbocycles. The lowest BCUT2D eigenvalue weighted by Gasteiger charge is -2.10. The molecule has 0 spiro atoms. The van der Waals surface area contributed by atoms with Crippen LogP contribution in [-0.4, -0.2) is 28.1 Å². The van der Waals surface area contributed by atoms with Crippen LogP contribution in [0.15, 0.2) is 30.5 Å². The van der Waals surface area contributed by atoms with Crippen LogP contribution in [0, 0.1) is 6.92 Å². The zero-order valence-electron chi connectivity index (χ0n) is 12.3. The van der Waals surface area contributed by atoms with E-state index in [9.17, 15) is 9.59 Å². The maximum Gasteiger partial charge on any atom is 0.259 e. The number of carbonyl (C=O) groups is 2. The van der Waals surface area contributed by atoms with Gasteiger partial charge in [-0.05, 0) is 26.0 Å². The van der Waals surface area contributed by atoms with Crippen LogP contribution in [0.1, 0.15) is 33.3 Å². The van der Waals surface area contributed by atoms with Gasteiger partial charge in [0, 0.05) is 19.3 Å². The average molecular weight is 286 g/mol. The predicted molar refractivity (Wildman–Crippen MR) is 80.3 cm³/mol. The molecule has 0 unspecified atom stereocenters. The van der Waals surface area contributed by atoms with E-state index in [1.54, 1.807) is 36.0 Å². The van der Waals surface area contributed by atoms with Crippen molar-refractivity contribution in [3.63, 3.8) is 0 Å². The number of nitrogens with one attached hydrogen (secondary N) is 2. The topological polar surface area (TPSA) is 76.0 Å². The number of para-hydroxylation sites is 1. The van der Waals surface area contributed by atoms with Gasteiger partial charge in [-0.1, -0.05) is 12.1 Å². The summed E-state index contributed by atoms with van der Waals surface area (Å²) in [4.78, 5) is 24.3. The van der Waals surface area contributed by atoms with Gasteiger partial charge in [-0.15, -0.1) is 0 Å². The molecular weight excluding hydrogens is 268 g/mol. The summed E-state index contributed by atoms with van der Waals surface area (Å²) in [5, 5.41) is 9.53. The monoisotopic (exact) mass is 286 g/mol. The molecule has 1 aromatic heterocycles. The van der Waals surface area contributed by atoms with Crippen molar-refractivity contribution in [2.24, 2.45) is 7.05 Å². The summed E-state index contributed by atoms with van der Waals surface area (Å²) in [6.45, 7) is 4.19. The molecule has 2 aromatic rings. The molecule has 0 aliphatic heterocycles. The first-order valence-corrected chi connectivity index (χ1v) is 6.71. The van der Waals surface area contributed by atoms with E-state index >= 15 is 0 Å². The maximum atomic E-state index is 12.3. The smallest absolute Gasteiger partial charge is 0.259 e. The van der Waals surface area contributed by atoms with Crippen molar-refractivity contribution >= 4 is 17.5 Å². The first kappa shape index (κ1) is 14.8. The van der Waals surface area contributed by atoms with Gasteiger partial charge < -0.3 is 10.6 Å². The molecule has 6 heteroatoms. The summed E-state index contributed by atoms with van der Waals surface area (Å²) >= 11 is 0. The Hall–Kier alpha value is -2.63. The Morgan fingerprint density at radius 2 is 1.90 bits per heavy atom. The van der Waals surface area contributed by atoms with Crippen molar-refractivity contribution in [3.8, 4) is 0 Å². The number of hydrogen-bond donors (Lipinski definition) is 2. The Kier molecular flexibility index (Phi) is 4.37. The van der Waals surface area contributed by atoms with Crippen LogP contribution in [0.4, 0.5) is 5.69 Å². The molecule has 2 rings (SSSR count).